The molecule has 6 aliphatic rings. The Kier molecular flexibility index (Phi) is 10.5. The van der Waals surface area contributed by atoms with Crippen LogP contribution in [0.1, 0.15) is 77.8 Å². The second-order valence-electron chi connectivity index (χ2n) is 16.6. The van der Waals surface area contributed by atoms with E-state index in [1.165, 1.54) is 0 Å². The zero-order chi connectivity index (χ0) is 40.1. The van der Waals surface area contributed by atoms with Gasteiger partial charge in [0.05, 0.1) is 31.7 Å². The van der Waals surface area contributed by atoms with E-state index >= 15 is 4.39 Å². The topological polar surface area (TPSA) is 111 Å². The van der Waals surface area contributed by atoms with Gasteiger partial charge >= 0.3 is 0 Å². The Hall–Kier alpha value is -5.23. The number of benzene rings is 2. The fourth-order valence-electron chi connectivity index (χ4n) is 10.2. The number of piperidine rings is 3. The van der Waals surface area contributed by atoms with Gasteiger partial charge in [0.15, 0.2) is 5.94 Å². The Balaban J connectivity index is 0.852. The predicted molar refractivity (Wildman–Crippen MR) is 220 cm³/mol. The average Bonchev–Trinajstić information content (AvgIpc) is 3.65. The van der Waals surface area contributed by atoms with E-state index in [-0.39, 0.29) is 23.8 Å². The van der Waals surface area contributed by atoms with Crippen molar-refractivity contribution in [2.45, 2.75) is 75.7 Å². The number of amides is 2. The minimum absolute atomic E-state index is 0.196. The third kappa shape index (κ3) is 6.92. The number of likely N-dealkylation sites (tertiary alicyclic amines) is 2. The molecule has 3 aromatic rings. The molecule has 0 aliphatic carbocycles. The molecule has 13 heteroatoms. The van der Waals surface area contributed by atoms with Gasteiger partial charge in [-0.05, 0) is 98.1 Å². The van der Waals surface area contributed by atoms with Crippen molar-refractivity contribution in [3.05, 3.63) is 82.2 Å². The summed E-state index contributed by atoms with van der Waals surface area (Å²) in [5.74, 6) is 3.72. The van der Waals surface area contributed by atoms with Crippen molar-refractivity contribution in [3.8, 4) is 11.5 Å². The quantitative estimate of drug-likeness (QED) is 0.239. The summed E-state index contributed by atoms with van der Waals surface area (Å²) in [6.07, 6.45) is 8.23. The lowest BCUT2D eigenvalue weighted by molar-refractivity contribution is -0.134. The number of halogens is 1. The number of pyridine rings is 1. The molecule has 3 atom stereocenters. The highest BCUT2D eigenvalue weighted by molar-refractivity contribution is 6.01. The van der Waals surface area contributed by atoms with Crippen LogP contribution in [-0.2, 0) is 27.3 Å². The number of aromatic nitrogens is 1. The summed E-state index contributed by atoms with van der Waals surface area (Å²) in [7, 11) is 5.24. The monoisotopic (exact) mass is 789 g/mol. The van der Waals surface area contributed by atoms with Gasteiger partial charge in [-0.1, -0.05) is 12.1 Å². The third-order valence-corrected chi connectivity index (χ3v) is 13.4. The minimum Gasteiger partial charge on any atom is -0.496 e. The second kappa shape index (κ2) is 15.8. The molecule has 1 aromatic heterocycles. The first kappa shape index (κ1) is 38.3. The van der Waals surface area contributed by atoms with Crippen LogP contribution < -0.4 is 24.6 Å². The highest BCUT2D eigenvalue weighted by Crippen LogP contribution is 2.43. The number of imide groups is 1. The van der Waals surface area contributed by atoms with E-state index in [9.17, 15) is 14.4 Å². The standard InChI is InChI=1S/C45H52FN7O5/c1-49-24-35(33-22-43(51-14-5-15-51)47-23-34(33)40(49)27-54)28-20-41(57-2)36(42(21-28)58-3)25-50-16-10-29(11-17-50)52-18-13-39(37(46)26-52)53-19-12-31-30(6-4-7-38(31)53)32-8-9-44(55)48-45(32)56/h4,6-7,20-24,29,32,37,39H,5,8-19,25-26H2,1-3H3,(H,48,55,56)/t32-,37+,39-/m1/s1. The van der Waals surface area contributed by atoms with Crippen LogP contribution in [0.2, 0.25) is 0 Å². The number of methoxy groups -OCH3 is 2. The summed E-state index contributed by atoms with van der Waals surface area (Å²) < 4.78 is 28.3. The molecule has 0 saturated carbocycles. The van der Waals surface area contributed by atoms with Gasteiger partial charge in [0, 0.05) is 88.0 Å². The van der Waals surface area contributed by atoms with Crippen molar-refractivity contribution in [1.29, 1.82) is 0 Å². The summed E-state index contributed by atoms with van der Waals surface area (Å²) in [5.41, 5.74) is 8.13. The highest BCUT2D eigenvalue weighted by Gasteiger charge is 2.40. The van der Waals surface area contributed by atoms with E-state index in [1.807, 2.05) is 25.4 Å². The number of carbonyl (C=O) groups excluding carboxylic acids is 3. The summed E-state index contributed by atoms with van der Waals surface area (Å²) >= 11 is 0. The van der Waals surface area contributed by atoms with Gasteiger partial charge in [0.25, 0.3) is 0 Å². The largest absolute Gasteiger partial charge is 0.496 e. The molecule has 58 heavy (non-hydrogen) atoms. The zero-order valence-electron chi connectivity index (χ0n) is 33.6. The van der Waals surface area contributed by atoms with Gasteiger partial charge in [0.2, 0.25) is 11.8 Å². The predicted octanol–water partition coefficient (Wildman–Crippen LogP) is 4.78. The summed E-state index contributed by atoms with van der Waals surface area (Å²) in [6, 6.07) is 12.4. The number of hydrogen-bond donors (Lipinski definition) is 1. The molecule has 0 radical (unpaired) electrons. The molecule has 9 rings (SSSR count). The van der Waals surface area contributed by atoms with Crippen LogP contribution in [0.5, 0.6) is 11.5 Å². The molecule has 4 saturated heterocycles. The Morgan fingerprint density at radius 2 is 1.71 bits per heavy atom. The van der Waals surface area contributed by atoms with Crippen LogP contribution >= 0.6 is 0 Å². The van der Waals surface area contributed by atoms with Crippen LogP contribution in [0.3, 0.4) is 0 Å². The number of nitrogens with zero attached hydrogens (tertiary/aromatic N) is 6. The number of rotatable bonds is 9. The van der Waals surface area contributed by atoms with Crippen molar-refractivity contribution in [2.75, 3.05) is 76.9 Å². The maximum absolute atomic E-state index is 16.2. The molecule has 2 amide bonds. The molecule has 2 aromatic carbocycles. The highest BCUT2D eigenvalue weighted by atomic mass is 19.1. The molecule has 12 nitrogen and oxygen atoms in total. The smallest absolute Gasteiger partial charge is 0.234 e. The van der Waals surface area contributed by atoms with E-state index in [4.69, 9.17) is 9.47 Å². The third-order valence-electron chi connectivity index (χ3n) is 13.4. The van der Waals surface area contributed by atoms with Gasteiger partial charge < -0.3 is 24.2 Å². The molecule has 0 spiro atoms. The Labute approximate surface area is 339 Å². The fraction of sp³-hybridized carbons (Fsp3) is 0.489. The van der Waals surface area contributed by atoms with Gasteiger partial charge in [0.1, 0.15) is 29.2 Å². The van der Waals surface area contributed by atoms with Gasteiger partial charge in [-0.15, -0.1) is 0 Å². The molecular weight excluding hydrogens is 738 g/mol. The lowest BCUT2D eigenvalue weighted by Gasteiger charge is -2.45. The molecule has 1 N–H and O–H groups in total. The maximum atomic E-state index is 16.2. The van der Waals surface area contributed by atoms with Crippen molar-refractivity contribution < 1.29 is 28.2 Å². The lowest BCUT2D eigenvalue weighted by atomic mass is 9.86. The number of anilines is 2. The average molecular weight is 790 g/mol. The van der Waals surface area contributed by atoms with Crippen LogP contribution in [0, 0.1) is 0 Å². The lowest BCUT2D eigenvalue weighted by Crippen LogP contribution is -2.56. The van der Waals surface area contributed by atoms with Crippen molar-refractivity contribution in [1.82, 2.24) is 25.0 Å². The first-order chi connectivity index (χ1) is 28.2. The number of fused-ring (bicyclic) bond motifs is 2. The Bertz CT molecular complexity index is 2170. The molecule has 304 valence electrons. The Morgan fingerprint density at radius 3 is 2.38 bits per heavy atom. The van der Waals surface area contributed by atoms with E-state index < -0.39 is 6.17 Å². The number of hydrogen-bond acceptors (Lipinski definition) is 11. The van der Waals surface area contributed by atoms with Crippen molar-refractivity contribution >= 4 is 40.5 Å². The van der Waals surface area contributed by atoms with Crippen molar-refractivity contribution in [3.63, 3.8) is 0 Å². The number of nitrogens with one attached hydrogen (secondary N) is 1. The van der Waals surface area contributed by atoms with E-state index in [0.29, 0.717) is 37.7 Å². The molecule has 4 fully saturated rings. The van der Waals surface area contributed by atoms with Crippen LogP contribution in [0.4, 0.5) is 15.9 Å². The number of carbonyl (C=O) groups is 2. The van der Waals surface area contributed by atoms with Crippen LogP contribution in [0.15, 0.2) is 48.8 Å². The minimum atomic E-state index is -0.977. The van der Waals surface area contributed by atoms with E-state index in [1.54, 1.807) is 25.3 Å². The molecule has 7 heterocycles. The van der Waals surface area contributed by atoms with Crippen molar-refractivity contribution in [2.24, 2.45) is 0 Å². The molecule has 6 aliphatic heterocycles. The molecule has 0 bridgehead atoms. The van der Waals surface area contributed by atoms with Crippen LogP contribution in [0.25, 0.3) is 11.3 Å². The van der Waals surface area contributed by atoms with Crippen LogP contribution in [-0.4, -0.2) is 123 Å². The SMILES string of the molecule is COc1cc(C2=CN(C)C(=C=O)c3cnc(N4CCC4)cc32)cc(OC)c1CN1CCC(N2CC[C@@H](N3CCc4c([C@H]5CCC(=O)NC5=O)cccc43)[C@@H](F)C2)CC1. The zero-order valence-corrected chi connectivity index (χ0v) is 33.6. The fourth-order valence-corrected chi connectivity index (χ4v) is 10.2. The summed E-state index contributed by atoms with van der Waals surface area (Å²) in [4.78, 5) is 52.3. The number of alkyl halides is 1. The second-order valence-corrected chi connectivity index (χ2v) is 16.6. The maximum Gasteiger partial charge on any atom is 0.234 e. The van der Waals surface area contributed by atoms with E-state index in [0.717, 1.165) is 133 Å². The van der Waals surface area contributed by atoms with Gasteiger partial charge in [-0.3, -0.25) is 24.7 Å². The number of ether oxygens (including phenoxy) is 2. The first-order valence-corrected chi connectivity index (χ1v) is 20.8. The Morgan fingerprint density at radius 1 is 0.931 bits per heavy atom. The molecular formula is C45H52FN7O5. The summed E-state index contributed by atoms with van der Waals surface area (Å²) in [6.45, 7) is 6.39. The summed E-state index contributed by atoms with van der Waals surface area (Å²) in [5, 5.41) is 2.50. The molecule has 0 unspecified atom stereocenters. The first-order valence-electron chi connectivity index (χ1n) is 20.8. The van der Waals surface area contributed by atoms with Gasteiger partial charge in [-0.25, -0.2) is 14.2 Å². The normalized spacial score (nSPS) is 24.1. The van der Waals surface area contributed by atoms with E-state index in [2.05, 4.69) is 60.1 Å². The van der Waals surface area contributed by atoms with Gasteiger partial charge in [-0.2, -0.15) is 0 Å².